The average molecular weight is 381 g/mol. The van der Waals surface area contributed by atoms with E-state index in [1.54, 1.807) is 25.1 Å². The number of amides is 1. The summed E-state index contributed by atoms with van der Waals surface area (Å²) in [5.74, 6) is 1.01. The zero-order valence-corrected chi connectivity index (χ0v) is 14.9. The quantitative estimate of drug-likeness (QED) is 0.837. The number of hydrogen-bond acceptors (Lipinski definition) is 3. The first-order chi connectivity index (χ1) is 12.7. The minimum atomic E-state index is -4.35. The number of quaternary nitrogens is 1. The van der Waals surface area contributed by atoms with Crippen molar-refractivity contribution in [2.24, 2.45) is 0 Å². The van der Waals surface area contributed by atoms with Crippen LogP contribution in [0.15, 0.2) is 42.5 Å². The van der Waals surface area contributed by atoms with E-state index in [0.717, 1.165) is 22.6 Å². The Morgan fingerprint density at radius 3 is 2.48 bits per heavy atom. The molecule has 0 radical (unpaired) electrons. The van der Waals surface area contributed by atoms with Crippen molar-refractivity contribution in [3.05, 3.63) is 53.6 Å². The van der Waals surface area contributed by atoms with Crippen LogP contribution >= 0.6 is 0 Å². The van der Waals surface area contributed by atoms with Crippen LogP contribution in [0, 0.1) is 0 Å². The lowest BCUT2D eigenvalue weighted by Gasteiger charge is -2.21. The Labute approximate surface area is 154 Å². The Kier molecular flexibility index (Phi) is 5.27. The van der Waals surface area contributed by atoms with Gasteiger partial charge in [0.05, 0.1) is 12.6 Å². The Balaban J connectivity index is 1.59. The fourth-order valence-electron chi connectivity index (χ4n) is 2.74. The lowest BCUT2D eigenvalue weighted by Crippen LogP contribution is -3.12. The van der Waals surface area contributed by atoms with Gasteiger partial charge in [-0.2, -0.15) is 13.2 Å². The third-order valence-corrected chi connectivity index (χ3v) is 4.54. The number of fused-ring (bicyclic) bond motifs is 1. The first-order valence-electron chi connectivity index (χ1n) is 8.43. The Morgan fingerprint density at radius 1 is 1.15 bits per heavy atom. The number of likely N-dealkylation sites (N-methyl/N-ethyl adjacent to an activating group) is 1. The summed E-state index contributed by atoms with van der Waals surface area (Å²) in [5, 5.41) is 2.82. The molecule has 2 atom stereocenters. The van der Waals surface area contributed by atoms with E-state index in [0.29, 0.717) is 23.7 Å². The van der Waals surface area contributed by atoms with Gasteiger partial charge in [-0.05, 0) is 31.2 Å². The van der Waals surface area contributed by atoms with Crippen LogP contribution in [0.5, 0.6) is 11.5 Å². The molecule has 0 spiro atoms. The molecule has 0 aliphatic carbocycles. The van der Waals surface area contributed by atoms with E-state index in [1.807, 2.05) is 7.05 Å². The highest BCUT2D eigenvalue weighted by molar-refractivity contribution is 5.93. The van der Waals surface area contributed by atoms with Crippen LogP contribution in [0.3, 0.4) is 0 Å². The van der Waals surface area contributed by atoms with E-state index in [2.05, 4.69) is 5.32 Å². The van der Waals surface area contributed by atoms with Crippen LogP contribution in [0.4, 0.5) is 18.9 Å². The summed E-state index contributed by atoms with van der Waals surface area (Å²) in [6.07, 6.45) is -4.35. The van der Waals surface area contributed by atoms with E-state index >= 15 is 0 Å². The molecule has 1 aliphatic heterocycles. The molecule has 1 heterocycles. The van der Waals surface area contributed by atoms with Crippen molar-refractivity contribution in [3.63, 3.8) is 0 Å². The fraction of sp³-hybridized carbons (Fsp3) is 0.316. The predicted octanol–water partition coefficient (Wildman–Crippen LogP) is 2.48. The lowest BCUT2D eigenvalue weighted by molar-refractivity contribution is -0.907. The van der Waals surface area contributed by atoms with Gasteiger partial charge in [0.25, 0.3) is 5.91 Å². The zero-order chi connectivity index (χ0) is 19.6. The van der Waals surface area contributed by atoms with Gasteiger partial charge in [0, 0.05) is 17.3 Å². The molecular formula is C19H20F3N2O3+. The number of halogens is 3. The molecule has 2 N–H and O–H groups in total. The van der Waals surface area contributed by atoms with Gasteiger partial charge in [-0.25, -0.2) is 0 Å². The Hall–Kier alpha value is -2.74. The fourth-order valence-corrected chi connectivity index (χ4v) is 2.74. The predicted molar refractivity (Wildman–Crippen MR) is 92.7 cm³/mol. The second kappa shape index (κ2) is 7.48. The van der Waals surface area contributed by atoms with E-state index in [4.69, 9.17) is 9.47 Å². The second-order valence-electron chi connectivity index (χ2n) is 6.50. The number of anilines is 1. The van der Waals surface area contributed by atoms with E-state index < -0.39 is 17.8 Å². The molecule has 2 aromatic rings. The van der Waals surface area contributed by atoms with Gasteiger partial charge in [0.2, 0.25) is 6.79 Å². The maximum atomic E-state index is 12.6. The minimum absolute atomic E-state index is 0.156. The van der Waals surface area contributed by atoms with Crippen LogP contribution in [-0.2, 0) is 17.5 Å². The third kappa shape index (κ3) is 4.51. The van der Waals surface area contributed by atoms with Crippen LogP contribution in [0.25, 0.3) is 0 Å². The third-order valence-electron chi connectivity index (χ3n) is 4.54. The van der Waals surface area contributed by atoms with Crippen molar-refractivity contribution in [3.8, 4) is 11.5 Å². The molecule has 0 aromatic heterocycles. The molecule has 0 saturated carbocycles. The van der Waals surface area contributed by atoms with Crippen molar-refractivity contribution in [2.45, 2.75) is 25.7 Å². The molecule has 5 nitrogen and oxygen atoms in total. The molecule has 1 amide bonds. The lowest BCUT2D eigenvalue weighted by atomic mass is 10.1. The van der Waals surface area contributed by atoms with Crippen LogP contribution in [-0.4, -0.2) is 25.8 Å². The van der Waals surface area contributed by atoms with Crippen molar-refractivity contribution < 1.29 is 32.3 Å². The number of benzene rings is 2. The number of carbonyl (C=O) groups is 1. The molecule has 3 rings (SSSR count). The van der Waals surface area contributed by atoms with Crippen molar-refractivity contribution in [1.82, 2.24) is 0 Å². The average Bonchev–Trinajstić information content (AvgIpc) is 3.08. The summed E-state index contributed by atoms with van der Waals surface area (Å²) in [5.41, 5.74) is 0.638. The first kappa shape index (κ1) is 19.0. The van der Waals surface area contributed by atoms with Gasteiger partial charge in [-0.3, -0.25) is 4.79 Å². The smallest absolute Gasteiger partial charge is 0.416 e. The maximum Gasteiger partial charge on any atom is 0.416 e. The zero-order valence-electron chi connectivity index (χ0n) is 14.9. The highest BCUT2D eigenvalue weighted by atomic mass is 19.4. The summed E-state index contributed by atoms with van der Waals surface area (Å²) < 4.78 is 48.4. The monoisotopic (exact) mass is 381 g/mol. The maximum absolute atomic E-state index is 12.6. The number of alkyl halides is 3. The van der Waals surface area contributed by atoms with Gasteiger partial charge in [-0.15, -0.1) is 0 Å². The van der Waals surface area contributed by atoms with Crippen LogP contribution in [0.2, 0.25) is 0 Å². The standard InChI is InChI=1S/C19H19F3N2O3/c1-12(18(25)23-15-7-8-16-17(9-15)27-11-26-16)24(2)10-13-3-5-14(6-4-13)19(20,21)22/h3-9,12H,10-11H2,1-2H3,(H,23,25)/p+1/t12-/m1/s1. The van der Waals surface area contributed by atoms with Crippen molar-refractivity contribution in [2.75, 3.05) is 19.2 Å². The van der Waals surface area contributed by atoms with Gasteiger partial charge in [-0.1, -0.05) is 12.1 Å². The van der Waals surface area contributed by atoms with Gasteiger partial charge >= 0.3 is 6.18 Å². The van der Waals surface area contributed by atoms with E-state index in [-0.39, 0.29) is 12.7 Å². The largest absolute Gasteiger partial charge is 0.454 e. The number of nitrogens with one attached hydrogen (secondary N) is 2. The second-order valence-corrected chi connectivity index (χ2v) is 6.50. The Morgan fingerprint density at radius 2 is 1.81 bits per heavy atom. The molecule has 144 valence electrons. The summed E-state index contributed by atoms with van der Waals surface area (Å²) >= 11 is 0. The molecule has 2 aromatic carbocycles. The summed E-state index contributed by atoms with van der Waals surface area (Å²) in [7, 11) is 1.82. The molecule has 0 bridgehead atoms. The first-order valence-corrected chi connectivity index (χ1v) is 8.43. The Bertz CT molecular complexity index is 822. The number of hydrogen-bond donors (Lipinski definition) is 2. The van der Waals surface area contributed by atoms with Crippen molar-refractivity contribution in [1.29, 1.82) is 0 Å². The summed E-state index contributed by atoms with van der Waals surface area (Å²) in [4.78, 5) is 13.3. The van der Waals surface area contributed by atoms with Crippen molar-refractivity contribution >= 4 is 11.6 Å². The van der Waals surface area contributed by atoms with E-state index in [1.165, 1.54) is 12.1 Å². The molecular weight excluding hydrogens is 361 g/mol. The summed E-state index contributed by atoms with van der Waals surface area (Å²) in [6.45, 7) is 2.35. The highest BCUT2D eigenvalue weighted by Crippen LogP contribution is 2.34. The van der Waals surface area contributed by atoms with Crippen LogP contribution < -0.4 is 19.7 Å². The highest BCUT2D eigenvalue weighted by Gasteiger charge is 2.30. The topological polar surface area (TPSA) is 52.0 Å². The van der Waals surface area contributed by atoms with Crippen LogP contribution in [0.1, 0.15) is 18.1 Å². The van der Waals surface area contributed by atoms with E-state index in [9.17, 15) is 18.0 Å². The molecule has 0 fully saturated rings. The molecule has 27 heavy (non-hydrogen) atoms. The van der Waals surface area contributed by atoms with Gasteiger partial charge in [0.15, 0.2) is 17.5 Å². The van der Waals surface area contributed by atoms with Gasteiger partial charge < -0.3 is 19.7 Å². The number of ether oxygens (including phenoxy) is 2. The van der Waals surface area contributed by atoms with Gasteiger partial charge in [0.1, 0.15) is 6.54 Å². The molecule has 8 heteroatoms. The minimum Gasteiger partial charge on any atom is -0.454 e. The summed E-state index contributed by atoms with van der Waals surface area (Å²) in [6, 6.07) is 9.73. The number of rotatable bonds is 5. The number of carbonyl (C=O) groups excluding carboxylic acids is 1. The molecule has 1 aliphatic rings. The normalized spacial score (nSPS) is 15.3. The molecule has 1 unspecified atom stereocenters. The molecule has 0 saturated heterocycles. The SMILES string of the molecule is C[C@H](C(=O)Nc1ccc2c(c1)OCO2)[NH+](C)Cc1ccc(C(F)(F)F)cc1.